The maximum atomic E-state index is 4.37. The van der Waals surface area contributed by atoms with Gasteiger partial charge in [0, 0.05) is 12.6 Å². The van der Waals surface area contributed by atoms with Gasteiger partial charge in [-0.2, -0.15) is 0 Å². The Balaban J connectivity index is 3.32. The van der Waals surface area contributed by atoms with Gasteiger partial charge in [-0.15, -0.1) is 0 Å². The Kier molecular flexibility index (Phi) is 4.05. The molecule has 0 atom stereocenters. The summed E-state index contributed by atoms with van der Waals surface area (Å²) in [5.74, 6) is 0. The molecule has 1 rings (SSSR count). The van der Waals surface area contributed by atoms with Gasteiger partial charge in [-0.3, -0.25) is 4.99 Å². The van der Waals surface area contributed by atoms with Gasteiger partial charge >= 0.3 is 0 Å². The number of aryl methyl sites for hydroxylation is 3. The van der Waals surface area contributed by atoms with Crippen molar-refractivity contribution < 1.29 is 0 Å². The topological polar surface area (TPSA) is 12.4 Å². The average Bonchev–Trinajstić information content (AvgIpc) is 2.20. The molecule has 0 aromatic heterocycles. The molecule has 16 heavy (non-hydrogen) atoms. The van der Waals surface area contributed by atoms with Crippen LogP contribution in [0.5, 0.6) is 0 Å². The van der Waals surface area contributed by atoms with E-state index in [9.17, 15) is 0 Å². The van der Waals surface area contributed by atoms with Gasteiger partial charge < -0.3 is 0 Å². The third kappa shape index (κ3) is 2.82. The van der Waals surface area contributed by atoms with Crippen LogP contribution in [0.2, 0.25) is 0 Å². The van der Waals surface area contributed by atoms with Crippen molar-refractivity contribution >= 4 is 5.71 Å². The van der Waals surface area contributed by atoms with Crippen LogP contribution < -0.4 is 0 Å². The summed E-state index contributed by atoms with van der Waals surface area (Å²) in [5.41, 5.74) is 7.55. The van der Waals surface area contributed by atoms with E-state index in [4.69, 9.17) is 0 Å². The highest BCUT2D eigenvalue weighted by atomic mass is 14.7. The van der Waals surface area contributed by atoms with E-state index in [2.05, 4.69) is 57.8 Å². The lowest BCUT2D eigenvalue weighted by Crippen LogP contribution is -2.02. The van der Waals surface area contributed by atoms with Crippen LogP contribution in [0.15, 0.2) is 28.8 Å². The van der Waals surface area contributed by atoms with Crippen molar-refractivity contribution in [1.82, 2.24) is 0 Å². The Morgan fingerprint density at radius 2 is 1.56 bits per heavy atom. The number of hydrogen-bond donors (Lipinski definition) is 0. The maximum Gasteiger partial charge on any atom is 0.0645 e. The van der Waals surface area contributed by atoms with Crippen LogP contribution in [-0.2, 0) is 0 Å². The Hall–Kier alpha value is -1.37. The zero-order valence-electron chi connectivity index (χ0n) is 11.2. The standard InChI is InChI=1S/C15H21N/c1-10(2)7-15(16-6)14-9-12(4)11(3)8-13(14)5/h7-9H,1-6H3/b16-15+. The van der Waals surface area contributed by atoms with Gasteiger partial charge in [-0.05, 0) is 63.5 Å². The van der Waals surface area contributed by atoms with Gasteiger partial charge in [-0.1, -0.05) is 11.6 Å². The fourth-order valence-corrected chi connectivity index (χ4v) is 1.77. The van der Waals surface area contributed by atoms with Gasteiger partial charge in [0.15, 0.2) is 0 Å². The first-order chi connectivity index (χ1) is 7.45. The number of rotatable bonds is 2. The van der Waals surface area contributed by atoms with Crippen molar-refractivity contribution in [3.63, 3.8) is 0 Å². The molecule has 0 amide bonds. The van der Waals surface area contributed by atoms with Crippen LogP contribution in [0.25, 0.3) is 0 Å². The van der Waals surface area contributed by atoms with E-state index < -0.39 is 0 Å². The van der Waals surface area contributed by atoms with Crippen molar-refractivity contribution in [2.75, 3.05) is 7.05 Å². The molecular formula is C15H21N. The highest BCUT2D eigenvalue weighted by Gasteiger charge is 2.06. The van der Waals surface area contributed by atoms with Crippen LogP contribution >= 0.6 is 0 Å². The molecule has 0 unspecified atom stereocenters. The third-order valence-corrected chi connectivity index (χ3v) is 2.78. The van der Waals surface area contributed by atoms with Crippen molar-refractivity contribution in [1.29, 1.82) is 0 Å². The van der Waals surface area contributed by atoms with Crippen molar-refractivity contribution in [2.45, 2.75) is 34.6 Å². The summed E-state index contributed by atoms with van der Waals surface area (Å²) in [4.78, 5) is 4.37. The second-order valence-electron chi connectivity index (χ2n) is 4.58. The van der Waals surface area contributed by atoms with Crippen LogP contribution in [0, 0.1) is 20.8 Å². The molecule has 0 heterocycles. The molecule has 1 aromatic carbocycles. The van der Waals surface area contributed by atoms with E-state index in [1.54, 1.807) is 0 Å². The Bertz CT molecular complexity index is 447. The predicted octanol–water partition coefficient (Wildman–Crippen LogP) is 4.00. The third-order valence-electron chi connectivity index (χ3n) is 2.78. The highest BCUT2D eigenvalue weighted by molar-refractivity contribution is 6.10. The van der Waals surface area contributed by atoms with Gasteiger partial charge in [0.2, 0.25) is 0 Å². The summed E-state index contributed by atoms with van der Waals surface area (Å²) in [7, 11) is 1.85. The van der Waals surface area contributed by atoms with E-state index in [0.717, 1.165) is 5.71 Å². The molecule has 0 fully saturated rings. The van der Waals surface area contributed by atoms with Gasteiger partial charge in [0.05, 0.1) is 5.71 Å². The first-order valence-corrected chi connectivity index (χ1v) is 5.65. The first kappa shape index (κ1) is 12.7. The normalized spacial score (nSPS) is 11.5. The average molecular weight is 215 g/mol. The molecule has 0 saturated heterocycles. The van der Waals surface area contributed by atoms with Crippen molar-refractivity contribution in [3.8, 4) is 0 Å². The summed E-state index contributed by atoms with van der Waals surface area (Å²) in [5, 5.41) is 0. The molecule has 1 nitrogen and oxygen atoms in total. The second-order valence-corrected chi connectivity index (χ2v) is 4.58. The fraction of sp³-hybridized carbons (Fsp3) is 0.400. The molecule has 0 aliphatic heterocycles. The fourth-order valence-electron chi connectivity index (χ4n) is 1.77. The molecule has 0 saturated carbocycles. The zero-order chi connectivity index (χ0) is 12.3. The second kappa shape index (κ2) is 5.11. The van der Waals surface area contributed by atoms with Gasteiger partial charge in [0.25, 0.3) is 0 Å². The molecule has 0 bridgehead atoms. The minimum atomic E-state index is 1.07. The molecule has 0 aliphatic rings. The van der Waals surface area contributed by atoms with Crippen LogP contribution in [0.1, 0.15) is 36.1 Å². The summed E-state index contributed by atoms with van der Waals surface area (Å²) < 4.78 is 0. The summed E-state index contributed by atoms with van der Waals surface area (Å²) in [6.45, 7) is 10.6. The lowest BCUT2D eigenvalue weighted by molar-refractivity contribution is 1.28. The highest BCUT2D eigenvalue weighted by Crippen LogP contribution is 2.17. The van der Waals surface area contributed by atoms with Gasteiger partial charge in [0.1, 0.15) is 0 Å². The maximum absolute atomic E-state index is 4.37. The monoisotopic (exact) mass is 215 g/mol. The first-order valence-electron chi connectivity index (χ1n) is 5.65. The molecule has 0 N–H and O–H groups in total. The van der Waals surface area contributed by atoms with Crippen LogP contribution in [0.4, 0.5) is 0 Å². The summed E-state index contributed by atoms with van der Waals surface area (Å²) in [6, 6.07) is 4.46. The number of allylic oxidation sites excluding steroid dienone is 2. The van der Waals surface area contributed by atoms with E-state index in [0.29, 0.717) is 0 Å². The molecule has 1 heteroatoms. The lowest BCUT2D eigenvalue weighted by Gasteiger charge is -2.10. The SMILES string of the molecule is C/N=C(\C=C(C)C)c1cc(C)c(C)cc1C. The predicted molar refractivity (Wildman–Crippen MR) is 72.5 cm³/mol. The Morgan fingerprint density at radius 1 is 1.00 bits per heavy atom. The zero-order valence-corrected chi connectivity index (χ0v) is 11.2. The number of hydrogen-bond acceptors (Lipinski definition) is 1. The largest absolute Gasteiger partial charge is 0.288 e. The lowest BCUT2D eigenvalue weighted by atomic mass is 9.97. The molecule has 1 aromatic rings. The van der Waals surface area contributed by atoms with E-state index in [-0.39, 0.29) is 0 Å². The number of aliphatic imine (C=N–C) groups is 1. The van der Waals surface area contributed by atoms with Crippen molar-refractivity contribution in [3.05, 3.63) is 46.0 Å². The van der Waals surface area contributed by atoms with Gasteiger partial charge in [-0.25, -0.2) is 0 Å². The molecule has 0 spiro atoms. The quantitative estimate of drug-likeness (QED) is 0.661. The van der Waals surface area contributed by atoms with E-state index >= 15 is 0 Å². The minimum absolute atomic E-state index is 1.07. The van der Waals surface area contributed by atoms with Crippen LogP contribution in [-0.4, -0.2) is 12.8 Å². The number of benzene rings is 1. The number of nitrogens with zero attached hydrogens (tertiary/aromatic N) is 1. The molecule has 0 aliphatic carbocycles. The minimum Gasteiger partial charge on any atom is -0.288 e. The Morgan fingerprint density at radius 3 is 2.06 bits per heavy atom. The van der Waals surface area contributed by atoms with Crippen molar-refractivity contribution in [2.24, 2.45) is 4.99 Å². The molecule has 0 radical (unpaired) electrons. The molecule has 86 valence electrons. The van der Waals surface area contributed by atoms with E-state index in [1.807, 2.05) is 7.05 Å². The smallest absolute Gasteiger partial charge is 0.0645 e. The van der Waals surface area contributed by atoms with Crippen LogP contribution in [0.3, 0.4) is 0 Å². The molecular weight excluding hydrogens is 194 g/mol. The van der Waals surface area contributed by atoms with E-state index in [1.165, 1.54) is 27.8 Å². The Labute approximate surface area is 98.9 Å². The summed E-state index contributed by atoms with van der Waals surface area (Å²) in [6.07, 6.45) is 2.14. The summed E-state index contributed by atoms with van der Waals surface area (Å²) >= 11 is 0.